The number of nitrogens with zero attached hydrogens (tertiary/aromatic N) is 3. The highest BCUT2D eigenvalue weighted by atomic mass is 16.1. The first-order chi connectivity index (χ1) is 10.2. The van der Waals surface area contributed by atoms with Crippen LogP contribution in [0.5, 0.6) is 0 Å². The van der Waals surface area contributed by atoms with Crippen LogP contribution in [0.1, 0.15) is 35.7 Å². The molecule has 0 unspecified atom stereocenters. The monoisotopic (exact) mass is 283 g/mol. The fourth-order valence-electron chi connectivity index (χ4n) is 2.94. The molecule has 1 aliphatic heterocycles. The van der Waals surface area contributed by atoms with Crippen molar-refractivity contribution in [2.75, 3.05) is 37.6 Å². The van der Waals surface area contributed by atoms with Gasteiger partial charge in [0.2, 0.25) is 0 Å². The number of nitriles is 1. The van der Waals surface area contributed by atoms with E-state index >= 15 is 0 Å². The van der Waals surface area contributed by atoms with Gasteiger partial charge in [0.15, 0.2) is 5.78 Å². The second-order valence-corrected chi connectivity index (χ2v) is 6.13. The van der Waals surface area contributed by atoms with E-state index < -0.39 is 0 Å². The summed E-state index contributed by atoms with van der Waals surface area (Å²) < 4.78 is 0. The van der Waals surface area contributed by atoms with Crippen molar-refractivity contribution in [1.29, 1.82) is 5.26 Å². The summed E-state index contributed by atoms with van der Waals surface area (Å²) >= 11 is 0. The minimum atomic E-state index is 0.0492. The van der Waals surface area contributed by atoms with Gasteiger partial charge in [-0.05, 0) is 43.9 Å². The number of ketones is 1. The Hall–Kier alpha value is -1.86. The lowest BCUT2D eigenvalue weighted by Crippen LogP contribution is -2.47. The van der Waals surface area contributed by atoms with E-state index in [0.29, 0.717) is 11.1 Å². The molecule has 1 aliphatic carbocycles. The van der Waals surface area contributed by atoms with Gasteiger partial charge in [-0.3, -0.25) is 9.69 Å². The van der Waals surface area contributed by atoms with E-state index in [4.69, 9.17) is 0 Å². The van der Waals surface area contributed by atoms with Crippen molar-refractivity contribution in [3.63, 3.8) is 0 Å². The summed E-state index contributed by atoms with van der Waals surface area (Å²) in [7, 11) is 0. The highest BCUT2D eigenvalue weighted by molar-refractivity contribution is 5.95. The van der Waals surface area contributed by atoms with Gasteiger partial charge in [0, 0.05) is 38.3 Å². The summed E-state index contributed by atoms with van der Waals surface area (Å²) in [5, 5.41) is 9.29. The number of carbonyl (C=O) groups excluding carboxylic acids is 1. The molecule has 0 N–H and O–H groups in total. The van der Waals surface area contributed by atoms with E-state index in [1.54, 1.807) is 19.1 Å². The normalized spacial score (nSPS) is 19.3. The Bertz CT molecular complexity index is 578. The summed E-state index contributed by atoms with van der Waals surface area (Å²) in [6.07, 6.45) is 2.78. The SMILES string of the molecule is CC(=O)c1ccc(C#N)c(N2CCN(CC3CC3)CC2)c1. The Balaban J connectivity index is 1.72. The number of carbonyl (C=O) groups is 1. The van der Waals surface area contributed by atoms with Crippen molar-refractivity contribution in [1.82, 2.24) is 4.90 Å². The van der Waals surface area contributed by atoms with Gasteiger partial charge in [-0.2, -0.15) is 5.26 Å². The van der Waals surface area contributed by atoms with Crippen LogP contribution in [0.25, 0.3) is 0 Å². The number of benzene rings is 1. The lowest BCUT2D eigenvalue weighted by Gasteiger charge is -2.36. The summed E-state index contributed by atoms with van der Waals surface area (Å²) in [6.45, 7) is 6.76. The molecule has 0 spiro atoms. The molecule has 2 fully saturated rings. The fourth-order valence-corrected chi connectivity index (χ4v) is 2.94. The van der Waals surface area contributed by atoms with Gasteiger partial charge in [-0.25, -0.2) is 0 Å². The van der Waals surface area contributed by atoms with Crippen LogP contribution in [-0.4, -0.2) is 43.4 Å². The second kappa shape index (κ2) is 5.87. The zero-order valence-corrected chi connectivity index (χ0v) is 12.5. The number of Topliss-reactive ketones (excluding diaryl/α,β-unsaturated/α-hetero) is 1. The Morgan fingerprint density at radius 1 is 1.29 bits per heavy atom. The Morgan fingerprint density at radius 3 is 2.57 bits per heavy atom. The van der Waals surface area contributed by atoms with E-state index in [1.165, 1.54) is 19.4 Å². The fraction of sp³-hybridized carbons (Fsp3) is 0.529. The minimum Gasteiger partial charge on any atom is -0.368 e. The van der Waals surface area contributed by atoms with Crippen molar-refractivity contribution in [3.05, 3.63) is 29.3 Å². The third kappa shape index (κ3) is 3.25. The van der Waals surface area contributed by atoms with E-state index in [0.717, 1.165) is 37.8 Å². The van der Waals surface area contributed by atoms with Crippen molar-refractivity contribution in [2.24, 2.45) is 5.92 Å². The molecule has 0 aromatic heterocycles. The standard InChI is InChI=1S/C17H21N3O/c1-13(21)15-4-5-16(11-18)17(10-15)20-8-6-19(7-9-20)12-14-2-3-14/h4-5,10,14H,2-3,6-9,12H2,1H3. The largest absolute Gasteiger partial charge is 0.368 e. The zero-order valence-electron chi connectivity index (χ0n) is 12.5. The smallest absolute Gasteiger partial charge is 0.159 e. The van der Waals surface area contributed by atoms with Crippen molar-refractivity contribution in [2.45, 2.75) is 19.8 Å². The summed E-state index contributed by atoms with van der Waals surface area (Å²) in [5.74, 6) is 0.973. The van der Waals surface area contributed by atoms with Crippen molar-refractivity contribution < 1.29 is 4.79 Å². The Morgan fingerprint density at radius 2 is 2.00 bits per heavy atom. The number of piperazine rings is 1. The molecule has 1 saturated heterocycles. The van der Waals surface area contributed by atoms with Crippen LogP contribution in [0.2, 0.25) is 0 Å². The molecule has 1 aromatic rings. The van der Waals surface area contributed by atoms with Crippen LogP contribution in [0.15, 0.2) is 18.2 Å². The Labute approximate surface area is 126 Å². The van der Waals surface area contributed by atoms with Gasteiger partial charge >= 0.3 is 0 Å². The van der Waals surface area contributed by atoms with Crippen LogP contribution < -0.4 is 4.90 Å². The van der Waals surface area contributed by atoms with Crippen LogP contribution in [0.4, 0.5) is 5.69 Å². The first kappa shape index (κ1) is 14.1. The maximum absolute atomic E-state index is 11.6. The van der Waals surface area contributed by atoms with E-state index in [9.17, 15) is 10.1 Å². The molecule has 0 bridgehead atoms. The predicted molar refractivity (Wildman–Crippen MR) is 82.5 cm³/mol. The molecule has 3 rings (SSSR count). The second-order valence-electron chi connectivity index (χ2n) is 6.13. The third-order valence-electron chi connectivity index (χ3n) is 4.45. The molecule has 21 heavy (non-hydrogen) atoms. The summed E-state index contributed by atoms with van der Waals surface area (Å²) in [5.41, 5.74) is 2.26. The lowest BCUT2D eigenvalue weighted by atomic mass is 10.1. The highest BCUT2D eigenvalue weighted by Crippen LogP contribution is 2.30. The summed E-state index contributed by atoms with van der Waals surface area (Å²) in [4.78, 5) is 16.3. The van der Waals surface area contributed by atoms with Crippen molar-refractivity contribution >= 4 is 11.5 Å². The molecule has 1 heterocycles. The molecule has 0 amide bonds. The predicted octanol–water partition coefficient (Wildman–Crippen LogP) is 2.29. The van der Waals surface area contributed by atoms with Gasteiger partial charge < -0.3 is 4.90 Å². The van der Waals surface area contributed by atoms with Crippen LogP contribution >= 0.6 is 0 Å². The first-order valence-corrected chi connectivity index (χ1v) is 7.70. The number of hydrogen-bond acceptors (Lipinski definition) is 4. The number of anilines is 1. The molecule has 2 aliphatic rings. The van der Waals surface area contributed by atoms with E-state index in [1.807, 2.05) is 6.07 Å². The molecule has 0 atom stereocenters. The zero-order chi connectivity index (χ0) is 14.8. The topological polar surface area (TPSA) is 47.3 Å². The maximum atomic E-state index is 11.6. The number of rotatable bonds is 4. The minimum absolute atomic E-state index is 0.0492. The quantitative estimate of drug-likeness (QED) is 0.796. The van der Waals surface area contributed by atoms with Gasteiger partial charge in [0.25, 0.3) is 0 Å². The molecule has 1 saturated carbocycles. The van der Waals surface area contributed by atoms with Gasteiger partial charge in [-0.1, -0.05) is 0 Å². The maximum Gasteiger partial charge on any atom is 0.159 e. The average Bonchev–Trinajstić information content (AvgIpc) is 3.31. The lowest BCUT2D eigenvalue weighted by molar-refractivity contribution is 0.101. The highest BCUT2D eigenvalue weighted by Gasteiger charge is 2.27. The molecule has 110 valence electrons. The molecule has 4 heteroatoms. The molecule has 4 nitrogen and oxygen atoms in total. The van der Waals surface area contributed by atoms with Crippen LogP contribution in [-0.2, 0) is 0 Å². The van der Waals surface area contributed by atoms with Crippen LogP contribution in [0.3, 0.4) is 0 Å². The Kier molecular flexibility index (Phi) is 3.94. The molecular weight excluding hydrogens is 262 g/mol. The third-order valence-corrected chi connectivity index (χ3v) is 4.45. The molecule has 0 radical (unpaired) electrons. The molecule has 1 aromatic carbocycles. The van der Waals surface area contributed by atoms with Gasteiger partial charge in [0.05, 0.1) is 11.3 Å². The van der Waals surface area contributed by atoms with Gasteiger partial charge in [-0.15, -0.1) is 0 Å². The average molecular weight is 283 g/mol. The summed E-state index contributed by atoms with van der Waals surface area (Å²) in [6, 6.07) is 7.63. The van der Waals surface area contributed by atoms with Crippen molar-refractivity contribution in [3.8, 4) is 6.07 Å². The number of hydrogen-bond donors (Lipinski definition) is 0. The van der Waals surface area contributed by atoms with E-state index in [2.05, 4.69) is 15.9 Å². The van der Waals surface area contributed by atoms with Crippen LogP contribution in [0, 0.1) is 17.2 Å². The first-order valence-electron chi connectivity index (χ1n) is 7.70. The van der Waals surface area contributed by atoms with E-state index in [-0.39, 0.29) is 5.78 Å². The molecular formula is C17H21N3O. The van der Waals surface area contributed by atoms with Gasteiger partial charge in [0.1, 0.15) is 6.07 Å².